The van der Waals surface area contributed by atoms with Crippen molar-refractivity contribution in [1.29, 1.82) is 0 Å². The van der Waals surface area contributed by atoms with E-state index in [1.807, 2.05) is 0 Å². The van der Waals surface area contributed by atoms with Crippen LogP contribution in [0.25, 0.3) is 0 Å². The number of nitrogens with one attached hydrogen (secondary N) is 2. The average Bonchev–Trinajstić information content (AvgIpc) is 2.45. The van der Waals surface area contributed by atoms with Crippen molar-refractivity contribution in [2.75, 3.05) is 52.4 Å². The highest BCUT2D eigenvalue weighted by Gasteiger charge is 2.10. The molecule has 8 nitrogen and oxygen atoms in total. The molecule has 120 valence electrons. The van der Waals surface area contributed by atoms with E-state index in [-0.39, 0.29) is 5.91 Å². The summed E-state index contributed by atoms with van der Waals surface area (Å²) in [5.41, 5.74) is 16.2. The molecule has 9 N–H and O–H groups in total. The molecule has 0 bridgehead atoms. The van der Waals surface area contributed by atoms with Crippen LogP contribution in [0.4, 0.5) is 0 Å². The third-order valence-electron chi connectivity index (χ3n) is 2.81. The van der Waals surface area contributed by atoms with E-state index in [0.717, 1.165) is 0 Å². The zero-order chi connectivity index (χ0) is 15.2. The Hall–Kier alpha value is -0.770. The van der Waals surface area contributed by atoms with Gasteiger partial charge in [-0.25, -0.2) is 0 Å². The average molecular weight is 290 g/mol. The number of hydrogen-bond donors (Lipinski definition) is 6. The second-order valence-corrected chi connectivity index (χ2v) is 4.57. The number of aliphatic hydroxyl groups excluding tert-OH is 1. The summed E-state index contributed by atoms with van der Waals surface area (Å²) in [5, 5.41) is 15.3. The molecule has 0 aromatic carbocycles. The van der Waals surface area contributed by atoms with Crippen LogP contribution in [0.5, 0.6) is 0 Å². The van der Waals surface area contributed by atoms with Crippen LogP contribution in [0.3, 0.4) is 0 Å². The Balaban J connectivity index is 3.88. The van der Waals surface area contributed by atoms with Crippen molar-refractivity contribution < 1.29 is 9.90 Å². The molecule has 0 aliphatic rings. The standard InChI is InChI=1S/C12H30N6O2/c13-3-6-16-11(19)1-8-18(10-5-15)9-2-12(20)17-7-4-14/h11,16,19H,1-10,13-15H2,(H,17,20). The van der Waals surface area contributed by atoms with Gasteiger partial charge in [0, 0.05) is 58.8 Å². The number of carbonyl (C=O) groups is 1. The Morgan fingerprint density at radius 2 is 1.75 bits per heavy atom. The fourth-order valence-electron chi connectivity index (χ4n) is 1.73. The molecule has 0 aromatic heterocycles. The number of amides is 1. The van der Waals surface area contributed by atoms with Crippen LogP contribution in [0.15, 0.2) is 0 Å². The molecule has 1 amide bonds. The van der Waals surface area contributed by atoms with Gasteiger partial charge in [0.05, 0.1) is 0 Å². The molecule has 0 saturated carbocycles. The lowest BCUT2D eigenvalue weighted by Crippen LogP contribution is -2.39. The van der Waals surface area contributed by atoms with Gasteiger partial charge in [-0.1, -0.05) is 0 Å². The van der Waals surface area contributed by atoms with Gasteiger partial charge in [0.15, 0.2) is 0 Å². The van der Waals surface area contributed by atoms with Crippen LogP contribution in [0, 0.1) is 0 Å². The van der Waals surface area contributed by atoms with Crippen LogP contribution in [-0.2, 0) is 4.79 Å². The maximum absolute atomic E-state index is 11.5. The van der Waals surface area contributed by atoms with E-state index in [4.69, 9.17) is 17.2 Å². The number of nitrogens with zero attached hydrogens (tertiary/aromatic N) is 1. The predicted octanol–water partition coefficient (Wildman–Crippen LogP) is -3.03. The van der Waals surface area contributed by atoms with Crippen molar-refractivity contribution in [2.24, 2.45) is 17.2 Å². The zero-order valence-corrected chi connectivity index (χ0v) is 12.2. The van der Waals surface area contributed by atoms with Crippen LogP contribution in [0.2, 0.25) is 0 Å². The van der Waals surface area contributed by atoms with E-state index >= 15 is 0 Å². The zero-order valence-electron chi connectivity index (χ0n) is 12.2. The normalized spacial score (nSPS) is 12.7. The van der Waals surface area contributed by atoms with Gasteiger partial charge in [-0.15, -0.1) is 0 Å². The fourth-order valence-corrected chi connectivity index (χ4v) is 1.73. The second kappa shape index (κ2) is 13.2. The molecule has 8 heteroatoms. The number of hydrogen-bond acceptors (Lipinski definition) is 7. The van der Waals surface area contributed by atoms with Crippen LogP contribution in [0.1, 0.15) is 12.8 Å². The molecular formula is C12H30N6O2. The lowest BCUT2D eigenvalue weighted by molar-refractivity contribution is -0.121. The molecule has 0 rings (SSSR count). The lowest BCUT2D eigenvalue weighted by atomic mass is 10.3. The van der Waals surface area contributed by atoms with Gasteiger partial charge in [0.1, 0.15) is 6.23 Å². The number of nitrogens with two attached hydrogens (primary N) is 3. The van der Waals surface area contributed by atoms with Crippen molar-refractivity contribution in [1.82, 2.24) is 15.5 Å². The molecular weight excluding hydrogens is 260 g/mol. The maximum Gasteiger partial charge on any atom is 0.221 e. The highest BCUT2D eigenvalue weighted by Crippen LogP contribution is 1.96. The van der Waals surface area contributed by atoms with Gasteiger partial charge < -0.3 is 32.5 Å². The molecule has 0 fully saturated rings. The van der Waals surface area contributed by atoms with Gasteiger partial charge in [0.2, 0.25) is 5.91 Å². The topological polar surface area (TPSA) is 143 Å². The third-order valence-corrected chi connectivity index (χ3v) is 2.81. The molecule has 0 heterocycles. The van der Waals surface area contributed by atoms with Crippen molar-refractivity contribution in [3.05, 3.63) is 0 Å². The van der Waals surface area contributed by atoms with Crippen LogP contribution < -0.4 is 27.8 Å². The molecule has 20 heavy (non-hydrogen) atoms. The first-order valence-electron chi connectivity index (χ1n) is 7.14. The van der Waals surface area contributed by atoms with Gasteiger partial charge >= 0.3 is 0 Å². The largest absolute Gasteiger partial charge is 0.379 e. The summed E-state index contributed by atoms with van der Waals surface area (Å²) in [7, 11) is 0. The van der Waals surface area contributed by atoms with E-state index in [1.54, 1.807) is 0 Å². The van der Waals surface area contributed by atoms with Crippen LogP contribution >= 0.6 is 0 Å². The highest BCUT2D eigenvalue weighted by atomic mass is 16.3. The summed E-state index contributed by atoms with van der Waals surface area (Å²) in [5.74, 6) is -0.0146. The minimum absolute atomic E-state index is 0.0146. The number of rotatable bonds is 13. The quantitative estimate of drug-likeness (QED) is 0.198. The van der Waals surface area contributed by atoms with Gasteiger partial charge in [-0.3, -0.25) is 10.1 Å². The second-order valence-electron chi connectivity index (χ2n) is 4.57. The summed E-state index contributed by atoms with van der Waals surface area (Å²) in [4.78, 5) is 13.6. The Morgan fingerprint density at radius 1 is 1.05 bits per heavy atom. The monoisotopic (exact) mass is 290 g/mol. The summed E-state index contributed by atoms with van der Waals surface area (Å²) in [6.45, 7) is 4.54. The predicted molar refractivity (Wildman–Crippen MR) is 79.9 cm³/mol. The summed E-state index contributed by atoms with van der Waals surface area (Å²) >= 11 is 0. The molecule has 0 spiro atoms. The smallest absolute Gasteiger partial charge is 0.221 e. The molecule has 0 aliphatic carbocycles. The summed E-state index contributed by atoms with van der Waals surface area (Å²) in [6.07, 6.45) is 0.404. The van der Waals surface area contributed by atoms with E-state index in [0.29, 0.717) is 65.2 Å². The van der Waals surface area contributed by atoms with Crippen molar-refractivity contribution in [3.8, 4) is 0 Å². The summed E-state index contributed by atoms with van der Waals surface area (Å²) in [6, 6.07) is 0. The van der Waals surface area contributed by atoms with Crippen molar-refractivity contribution >= 4 is 5.91 Å². The minimum atomic E-state index is -0.579. The number of aliphatic hydroxyl groups is 1. The fraction of sp³-hybridized carbons (Fsp3) is 0.917. The van der Waals surface area contributed by atoms with Gasteiger partial charge in [-0.05, 0) is 6.42 Å². The molecule has 0 radical (unpaired) electrons. The lowest BCUT2D eigenvalue weighted by Gasteiger charge is -2.23. The van der Waals surface area contributed by atoms with E-state index in [2.05, 4.69) is 15.5 Å². The molecule has 1 atom stereocenters. The first kappa shape index (κ1) is 19.2. The first-order valence-corrected chi connectivity index (χ1v) is 7.14. The van der Waals surface area contributed by atoms with Crippen molar-refractivity contribution in [2.45, 2.75) is 19.1 Å². The van der Waals surface area contributed by atoms with E-state index in [9.17, 15) is 9.90 Å². The summed E-state index contributed by atoms with van der Waals surface area (Å²) < 4.78 is 0. The maximum atomic E-state index is 11.5. The Labute approximate surface area is 121 Å². The molecule has 0 aromatic rings. The SMILES string of the molecule is NCCNC(=O)CCN(CCN)CCC(O)NCCN. The first-order chi connectivity index (χ1) is 9.63. The Kier molecular flexibility index (Phi) is 12.7. The van der Waals surface area contributed by atoms with E-state index < -0.39 is 6.23 Å². The molecule has 0 saturated heterocycles. The Bertz CT molecular complexity index is 242. The van der Waals surface area contributed by atoms with Gasteiger partial charge in [0.25, 0.3) is 0 Å². The molecule has 0 aliphatic heterocycles. The number of carbonyl (C=O) groups excluding carboxylic acids is 1. The minimum Gasteiger partial charge on any atom is -0.379 e. The van der Waals surface area contributed by atoms with Crippen molar-refractivity contribution in [3.63, 3.8) is 0 Å². The highest BCUT2D eigenvalue weighted by molar-refractivity contribution is 5.76. The van der Waals surface area contributed by atoms with Gasteiger partial charge in [-0.2, -0.15) is 0 Å². The molecule has 1 unspecified atom stereocenters. The Morgan fingerprint density at radius 3 is 2.35 bits per heavy atom. The van der Waals surface area contributed by atoms with E-state index in [1.165, 1.54) is 0 Å². The van der Waals surface area contributed by atoms with Crippen LogP contribution in [-0.4, -0.2) is 74.5 Å². The third kappa shape index (κ3) is 11.1.